The van der Waals surface area contributed by atoms with Gasteiger partial charge in [-0.05, 0) is 30.3 Å². The number of hydrogen-bond acceptors (Lipinski definition) is 5. The third-order valence-corrected chi connectivity index (χ3v) is 2.60. The molecule has 0 aromatic heterocycles. The molecule has 0 unspecified atom stereocenters. The average molecular weight is 265 g/mol. The number of nitrogens with two attached hydrogens (primary N) is 1. The van der Waals surface area contributed by atoms with Gasteiger partial charge in [-0.1, -0.05) is 0 Å². The molecular weight excluding hydrogens is 254 g/mol. The molecule has 0 spiro atoms. The van der Waals surface area contributed by atoms with Crippen LogP contribution in [0.3, 0.4) is 0 Å². The zero-order valence-corrected chi connectivity index (χ0v) is 10.8. The van der Waals surface area contributed by atoms with E-state index in [1.54, 1.807) is 30.3 Å². The second-order valence-corrected chi connectivity index (χ2v) is 3.98. The molecule has 0 radical (unpaired) electrons. The third-order valence-electron chi connectivity index (χ3n) is 2.60. The maximum Gasteiger partial charge on any atom is 0.145 e. The smallest absolute Gasteiger partial charge is 0.145 e. The first-order valence-corrected chi connectivity index (χ1v) is 5.73. The predicted molar refractivity (Wildman–Crippen MR) is 73.4 cm³/mol. The van der Waals surface area contributed by atoms with Gasteiger partial charge in [0.05, 0.1) is 24.3 Å². The normalized spacial score (nSPS) is 9.35. The second kappa shape index (κ2) is 5.64. The van der Waals surface area contributed by atoms with Gasteiger partial charge < -0.3 is 15.2 Å². The van der Waals surface area contributed by atoms with Gasteiger partial charge in [0.1, 0.15) is 23.3 Å². The lowest BCUT2D eigenvalue weighted by Crippen LogP contribution is -1.93. The Labute approximate surface area is 116 Å². The first-order valence-electron chi connectivity index (χ1n) is 5.73. The molecule has 5 heteroatoms. The summed E-state index contributed by atoms with van der Waals surface area (Å²) < 4.78 is 10.7. The Kier molecular flexibility index (Phi) is 3.74. The van der Waals surface area contributed by atoms with Crippen molar-refractivity contribution in [2.45, 2.75) is 0 Å². The maximum atomic E-state index is 9.06. The van der Waals surface area contributed by atoms with Crippen LogP contribution in [-0.2, 0) is 0 Å². The zero-order valence-electron chi connectivity index (χ0n) is 10.8. The van der Waals surface area contributed by atoms with E-state index in [1.807, 2.05) is 12.1 Å². The molecule has 5 nitrogen and oxygen atoms in total. The summed E-state index contributed by atoms with van der Waals surface area (Å²) in [5.74, 6) is 1.30. The first kappa shape index (κ1) is 13.3. The standard InChI is InChI=1S/C15H11N3O2/c1-19-13-4-10(8-16)5-14(7-13)20-15-3-2-12(18)6-11(15)9-17/h2-7H,18H2,1H3. The number of ether oxygens (including phenoxy) is 2. The lowest BCUT2D eigenvalue weighted by molar-refractivity contribution is 0.408. The lowest BCUT2D eigenvalue weighted by atomic mass is 10.2. The molecule has 2 aromatic carbocycles. The van der Waals surface area contributed by atoms with Gasteiger partial charge in [0.15, 0.2) is 0 Å². The van der Waals surface area contributed by atoms with Crippen LogP contribution in [0.15, 0.2) is 36.4 Å². The van der Waals surface area contributed by atoms with E-state index in [9.17, 15) is 0 Å². The average Bonchev–Trinajstić information content (AvgIpc) is 2.48. The van der Waals surface area contributed by atoms with E-state index in [1.165, 1.54) is 13.2 Å². The van der Waals surface area contributed by atoms with E-state index in [-0.39, 0.29) is 0 Å². The third kappa shape index (κ3) is 2.80. The van der Waals surface area contributed by atoms with Gasteiger partial charge in [-0.25, -0.2) is 0 Å². The quantitative estimate of drug-likeness (QED) is 0.861. The Morgan fingerprint density at radius 1 is 1.00 bits per heavy atom. The maximum absolute atomic E-state index is 9.06. The van der Waals surface area contributed by atoms with Crippen LogP contribution in [0, 0.1) is 22.7 Å². The molecule has 0 bridgehead atoms. The van der Waals surface area contributed by atoms with Crippen molar-refractivity contribution in [2.75, 3.05) is 12.8 Å². The molecule has 2 rings (SSSR count). The van der Waals surface area contributed by atoms with E-state index in [4.69, 9.17) is 25.7 Å². The first-order chi connectivity index (χ1) is 9.66. The fourth-order valence-corrected chi connectivity index (χ4v) is 1.66. The number of anilines is 1. The summed E-state index contributed by atoms with van der Waals surface area (Å²) in [6, 6.07) is 13.6. The Balaban J connectivity index is 2.40. The summed E-state index contributed by atoms with van der Waals surface area (Å²) in [6.07, 6.45) is 0. The fraction of sp³-hybridized carbons (Fsp3) is 0.0667. The van der Waals surface area contributed by atoms with Crippen molar-refractivity contribution in [3.63, 3.8) is 0 Å². The SMILES string of the molecule is COc1cc(C#N)cc(Oc2ccc(N)cc2C#N)c1. The Morgan fingerprint density at radius 2 is 1.75 bits per heavy atom. The van der Waals surface area contributed by atoms with Crippen molar-refractivity contribution >= 4 is 5.69 Å². The Hall–Kier alpha value is -3.18. The Bertz CT molecular complexity index is 727. The predicted octanol–water partition coefficient (Wildman–Crippen LogP) is 2.81. The van der Waals surface area contributed by atoms with Crippen LogP contribution in [0.5, 0.6) is 17.2 Å². The van der Waals surface area contributed by atoms with Gasteiger partial charge in [0.25, 0.3) is 0 Å². The molecule has 2 aromatic rings. The molecule has 0 saturated carbocycles. The van der Waals surface area contributed by atoms with Crippen molar-refractivity contribution in [3.05, 3.63) is 47.5 Å². The number of nitrogen functional groups attached to an aromatic ring is 1. The number of benzene rings is 2. The molecule has 20 heavy (non-hydrogen) atoms. The lowest BCUT2D eigenvalue weighted by Gasteiger charge is -2.09. The highest BCUT2D eigenvalue weighted by atomic mass is 16.5. The minimum atomic E-state index is 0.325. The van der Waals surface area contributed by atoms with Gasteiger partial charge in [0.2, 0.25) is 0 Å². The van der Waals surface area contributed by atoms with Crippen LogP contribution in [0.1, 0.15) is 11.1 Å². The van der Waals surface area contributed by atoms with E-state index in [0.29, 0.717) is 34.1 Å². The summed E-state index contributed by atoms with van der Waals surface area (Å²) in [4.78, 5) is 0. The summed E-state index contributed by atoms with van der Waals surface area (Å²) in [5, 5.41) is 18.0. The minimum Gasteiger partial charge on any atom is -0.497 e. The number of methoxy groups -OCH3 is 1. The molecule has 0 fully saturated rings. The highest BCUT2D eigenvalue weighted by molar-refractivity contribution is 5.55. The van der Waals surface area contributed by atoms with Crippen molar-refractivity contribution in [1.82, 2.24) is 0 Å². The molecular formula is C15H11N3O2. The number of hydrogen-bond donors (Lipinski definition) is 1. The molecule has 0 heterocycles. The molecule has 0 saturated heterocycles. The molecule has 0 aliphatic heterocycles. The monoisotopic (exact) mass is 265 g/mol. The highest BCUT2D eigenvalue weighted by Gasteiger charge is 2.08. The number of nitriles is 2. The zero-order chi connectivity index (χ0) is 14.5. The largest absolute Gasteiger partial charge is 0.497 e. The summed E-state index contributed by atoms with van der Waals surface area (Å²) in [6.45, 7) is 0. The molecule has 2 N–H and O–H groups in total. The summed E-state index contributed by atoms with van der Waals surface area (Å²) >= 11 is 0. The van der Waals surface area contributed by atoms with E-state index < -0.39 is 0 Å². The van der Waals surface area contributed by atoms with Gasteiger partial charge >= 0.3 is 0 Å². The molecule has 98 valence electrons. The van der Waals surface area contributed by atoms with E-state index in [0.717, 1.165) is 0 Å². The fourth-order valence-electron chi connectivity index (χ4n) is 1.66. The van der Waals surface area contributed by atoms with Crippen molar-refractivity contribution in [2.24, 2.45) is 0 Å². The van der Waals surface area contributed by atoms with E-state index >= 15 is 0 Å². The molecule has 0 amide bonds. The Morgan fingerprint density at radius 3 is 2.40 bits per heavy atom. The van der Waals surface area contributed by atoms with Crippen LogP contribution in [0.25, 0.3) is 0 Å². The molecule has 0 aliphatic rings. The van der Waals surface area contributed by atoms with Crippen molar-refractivity contribution in [1.29, 1.82) is 10.5 Å². The van der Waals surface area contributed by atoms with Crippen LogP contribution < -0.4 is 15.2 Å². The van der Waals surface area contributed by atoms with Gasteiger partial charge in [-0.2, -0.15) is 10.5 Å². The molecule has 0 aliphatic carbocycles. The van der Waals surface area contributed by atoms with Crippen molar-refractivity contribution in [3.8, 4) is 29.4 Å². The van der Waals surface area contributed by atoms with Crippen LogP contribution in [0.4, 0.5) is 5.69 Å². The van der Waals surface area contributed by atoms with Gasteiger partial charge in [-0.3, -0.25) is 0 Å². The van der Waals surface area contributed by atoms with Gasteiger partial charge in [-0.15, -0.1) is 0 Å². The number of nitrogens with zero attached hydrogens (tertiary/aromatic N) is 2. The second-order valence-electron chi connectivity index (χ2n) is 3.98. The molecule has 0 atom stereocenters. The van der Waals surface area contributed by atoms with Gasteiger partial charge in [0, 0.05) is 11.8 Å². The number of rotatable bonds is 3. The van der Waals surface area contributed by atoms with Crippen LogP contribution in [-0.4, -0.2) is 7.11 Å². The highest BCUT2D eigenvalue weighted by Crippen LogP contribution is 2.30. The minimum absolute atomic E-state index is 0.325. The van der Waals surface area contributed by atoms with E-state index in [2.05, 4.69) is 0 Å². The summed E-state index contributed by atoms with van der Waals surface area (Å²) in [5.41, 5.74) is 6.84. The van der Waals surface area contributed by atoms with Crippen molar-refractivity contribution < 1.29 is 9.47 Å². The topological polar surface area (TPSA) is 92.1 Å². The van der Waals surface area contributed by atoms with Crippen LogP contribution in [0.2, 0.25) is 0 Å². The summed E-state index contributed by atoms with van der Waals surface area (Å²) in [7, 11) is 1.50. The van der Waals surface area contributed by atoms with Crippen LogP contribution >= 0.6 is 0 Å².